The summed E-state index contributed by atoms with van der Waals surface area (Å²) in [6, 6.07) is -0.202. The Morgan fingerprint density at radius 3 is 2.44 bits per heavy atom. The highest BCUT2D eigenvalue weighted by atomic mass is 16.6. The van der Waals surface area contributed by atoms with Crippen molar-refractivity contribution in [1.82, 2.24) is 9.80 Å². The maximum Gasteiger partial charge on any atom is 0.411 e. The first-order valence-electron chi connectivity index (χ1n) is 5.65. The van der Waals surface area contributed by atoms with Crippen molar-refractivity contribution in [2.45, 2.75) is 32.4 Å². The summed E-state index contributed by atoms with van der Waals surface area (Å²) in [5.74, 6) is 2.39. The number of terminal acetylenes is 1. The van der Waals surface area contributed by atoms with Crippen molar-refractivity contribution >= 4 is 12.2 Å². The van der Waals surface area contributed by atoms with Gasteiger partial charge in [0.1, 0.15) is 5.60 Å². The fourth-order valence-corrected chi connectivity index (χ4v) is 1.57. The maximum atomic E-state index is 11.9. The number of nitrogens with zero attached hydrogens (tertiary/aromatic N) is 2. The number of rotatable bonds is 2. The van der Waals surface area contributed by atoms with E-state index in [1.807, 2.05) is 0 Å². The van der Waals surface area contributed by atoms with E-state index in [0.717, 1.165) is 0 Å². The molecule has 0 unspecified atom stereocenters. The lowest BCUT2D eigenvalue weighted by atomic mass is 10.1. The molecule has 1 fully saturated rings. The second-order valence-corrected chi connectivity index (χ2v) is 5.15. The molecular weight excluding hydrogens is 236 g/mol. The Kier molecular flexibility index (Phi) is 4.07. The topological polar surface area (TPSA) is 70.1 Å². The lowest BCUT2D eigenvalue weighted by molar-refractivity contribution is -0.00521. The Labute approximate surface area is 106 Å². The zero-order valence-electron chi connectivity index (χ0n) is 10.8. The molecule has 0 saturated carbocycles. The zero-order valence-corrected chi connectivity index (χ0v) is 10.8. The van der Waals surface area contributed by atoms with Gasteiger partial charge in [0.2, 0.25) is 0 Å². The van der Waals surface area contributed by atoms with E-state index < -0.39 is 17.8 Å². The summed E-state index contributed by atoms with van der Waals surface area (Å²) in [4.78, 5) is 25.2. The summed E-state index contributed by atoms with van der Waals surface area (Å²) in [5.41, 5.74) is -0.597. The third-order valence-corrected chi connectivity index (χ3v) is 2.46. The molecule has 1 saturated heterocycles. The lowest BCUT2D eigenvalue weighted by Crippen LogP contribution is -2.62. The summed E-state index contributed by atoms with van der Waals surface area (Å²) in [6.45, 7) is 5.97. The first kappa shape index (κ1) is 14.2. The molecule has 1 aliphatic rings. The number of carboxylic acid groups (broad SMARTS) is 1. The maximum absolute atomic E-state index is 11.9. The van der Waals surface area contributed by atoms with Crippen molar-refractivity contribution < 1.29 is 19.4 Å². The fraction of sp³-hybridized carbons (Fsp3) is 0.667. The molecule has 0 aromatic rings. The van der Waals surface area contributed by atoms with Gasteiger partial charge in [-0.2, -0.15) is 0 Å². The summed E-state index contributed by atoms with van der Waals surface area (Å²) < 4.78 is 5.23. The molecule has 0 spiro atoms. The van der Waals surface area contributed by atoms with Gasteiger partial charge in [-0.3, -0.25) is 4.90 Å². The van der Waals surface area contributed by atoms with Crippen LogP contribution in [0, 0.1) is 12.3 Å². The molecule has 1 N–H and O–H groups in total. The van der Waals surface area contributed by atoms with Gasteiger partial charge in [-0.1, -0.05) is 5.92 Å². The van der Waals surface area contributed by atoms with Crippen molar-refractivity contribution in [2.24, 2.45) is 0 Å². The van der Waals surface area contributed by atoms with E-state index in [-0.39, 0.29) is 25.7 Å². The molecular formula is C12H18N2O4. The highest BCUT2D eigenvalue weighted by molar-refractivity contribution is 5.71. The van der Waals surface area contributed by atoms with Crippen LogP contribution in [0.2, 0.25) is 0 Å². The van der Waals surface area contributed by atoms with E-state index in [0.29, 0.717) is 0 Å². The largest absolute Gasteiger partial charge is 0.465 e. The second kappa shape index (κ2) is 5.17. The van der Waals surface area contributed by atoms with E-state index in [4.69, 9.17) is 16.3 Å². The van der Waals surface area contributed by atoms with E-state index in [2.05, 4.69) is 5.92 Å². The molecule has 0 atom stereocenters. The lowest BCUT2D eigenvalue weighted by Gasteiger charge is -2.43. The van der Waals surface area contributed by atoms with Crippen molar-refractivity contribution in [1.29, 1.82) is 0 Å². The average molecular weight is 254 g/mol. The van der Waals surface area contributed by atoms with Gasteiger partial charge in [-0.05, 0) is 20.8 Å². The molecule has 0 aromatic heterocycles. The Morgan fingerprint density at radius 1 is 1.50 bits per heavy atom. The van der Waals surface area contributed by atoms with Crippen LogP contribution in [0.3, 0.4) is 0 Å². The predicted octanol–water partition coefficient (Wildman–Crippen LogP) is 1.22. The molecule has 0 bridgehead atoms. The molecule has 6 heteroatoms. The molecule has 100 valence electrons. The molecule has 2 amide bonds. The van der Waals surface area contributed by atoms with Gasteiger partial charge < -0.3 is 14.7 Å². The summed E-state index contributed by atoms with van der Waals surface area (Å²) in [5, 5.41) is 8.74. The van der Waals surface area contributed by atoms with Crippen molar-refractivity contribution in [3.63, 3.8) is 0 Å². The van der Waals surface area contributed by atoms with Crippen LogP contribution < -0.4 is 0 Å². The van der Waals surface area contributed by atoms with Gasteiger partial charge in [0.05, 0.1) is 12.6 Å². The van der Waals surface area contributed by atoms with Crippen LogP contribution in [0.1, 0.15) is 20.8 Å². The highest BCUT2D eigenvalue weighted by Crippen LogP contribution is 2.18. The predicted molar refractivity (Wildman–Crippen MR) is 65.2 cm³/mol. The molecule has 1 aliphatic heterocycles. The SMILES string of the molecule is C#CCN(C(=O)OC(C)(C)C)C1CN(C(=O)O)C1. The fourth-order valence-electron chi connectivity index (χ4n) is 1.57. The van der Waals surface area contributed by atoms with Crippen LogP contribution in [0.4, 0.5) is 9.59 Å². The van der Waals surface area contributed by atoms with Gasteiger partial charge in [0.25, 0.3) is 0 Å². The smallest absolute Gasteiger partial charge is 0.411 e. The van der Waals surface area contributed by atoms with Crippen LogP contribution >= 0.6 is 0 Å². The van der Waals surface area contributed by atoms with Crippen LogP contribution in [0.15, 0.2) is 0 Å². The quantitative estimate of drug-likeness (QED) is 0.752. The van der Waals surface area contributed by atoms with E-state index in [9.17, 15) is 9.59 Å². The van der Waals surface area contributed by atoms with Crippen LogP contribution in [-0.4, -0.2) is 58.4 Å². The van der Waals surface area contributed by atoms with E-state index in [1.165, 1.54) is 9.80 Å². The summed E-state index contributed by atoms with van der Waals surface area (Å²) >= 11 is 0. The first-order chi connectivity index (χ1) is 8.24. The van der Waals surface area contributed by atoms with Crippen molar-refractivity contribution in [3.05, 3.63) is 0 Å². The average Bonchev–Trinajstić information content (AvgIpc) is 2.10. The van der Waals surface area contributed by atoms with Gasteiger partial charge in [-0.15, -0.1) is 6.42 Å². The second-order valence-electron chi connectivity index (χ2n) is 5.15. The standard InChI is InChI=1S/C12H18N2O4/c1-5-6-14(11(17)18-12(2,3)4)9-7-13(8-9)10(15)16/h1,9H,6-8H2,2-4H3,(H,15,16). The van der Waals surface area contributed by atoms with Crippen LogP contribution in [0.5, 0.6) is 0 Å². The first-order valence-corrected chi connectivity index (χ1v) is 5.65. The third-order valence-electron chi connectivity index (χ3n) is 2.46. The van der Waals surface area contributed by atoms with Crippen molar-refractivity contribution in [3.8, 4) is 12.3 Å². The van der Waals surface area contributed by atoms with E-state index >= 15 is 0 Å². The molecule has 6 nitrogen and oxygen atoms in total. The van der Waals surface area contributed by atoms with Crippen molar-refractivity contribution in [2.75, 3.05) is 19.6 Å². The molecule has 1 rings (SSSR count). The van der Waals surface area contributed by atoms with Gasteiger partial charge in [0, 0.05) is 13.1 Å². The molecule has 0 aromatic carbocycles. The molecule has 18 heavy (non-hydrogen) atoms. The van der Waals surface area contributed by atoms with Crippen LogP contribution in [0.25, 0.3) is 0 Å². The Morgan fingerprint density at radius 2 is 2.06 bits per heavy atom. The Balaban J connectivity index is 2.60. The number of hydrogen-bond acceptors (Lipinski definition) is 3. The third kappa shape index (κ3) is 3.55. The monoisotopic (exact) mass is 254 g/mol. The Bertz CT molecular complexity index is 375. The molecule has 1 heterocycles. The number of likely N-dealkylation sites (tertiary alicyclic amines) is 1. The minimum Gasteiger partial charge on any atom is -0.465 e. The highest BCUT2D eigenvalue weighted by Gasteiger charge is 2.38. The van der Waals surface area contributed by atoms with E-state index in [1.54, 1.807) is 20.8 Å². The number of carbonyl (C=O) groups excluding carboxylic acids is 1. The number of hydrogen-bond donors (Lipinski definition) is 1. The summed E-state index contributed by atoms with van der Waals surface area (Å²) in [6.07, 6.45) is 3.72. The normalized spacial score (nSPS) is 15.6. The minimum absolute atomic E-state index is 0.118. The van der Waals surface area contributed by atoms with Crippen LogP contribution in [-0.2, 0) is 4.74 Å². The zero-order chi connectivity index (χ0) is 13.9. The molecule has 0 radical (unpaired) electrons. The number of amides is 2. The minimum atomic E-state index is -0.990. The van der Waals surface area contributed by atoms with Gasteiger partial charge >= 0.3 is 12.2 Å². The van der Waals surface area contributed by atoms with Gasteiger partial charge in [-0.25, -0.2) is 9.59 Å². The summed E-state index contributed by atoms with van der Waals surface area (Å²) in [7, 11) is 0. The van der Waals surface area contributed by atoms with Gasteiger partial charge in [0.15, 0.2) is 0 Å². The number of ether oxygens (including phenoxy) is 1. The molecule has 0 aliphatic carbocycles. The number of carbonyl (C=O) groups is 2. The Hall–Kier alpha value is -1.90.